The predicted molar refractivity (Wildman–Crippen MR) is 99.8 cm³/mol. The highest BCUT2D eigenvalue weighted by Crippen LogP contribution is 2.29. The van der Waals surface area contributed by atoms with Crippen molar-refractivity contribution < 1.29 is 9.59 Å². The van der Waals surface area contributed by atoms with Crippen LogP contribution in [0.4, 0.5) is 5.69 Å². The smallest absolute Gasteiger partial charge is 0.277 e. The number of benzene rings is 1. The van der Waals surface area contributed by atoms with Crippen molar-refractivity contribution in [3.8, 4) is 0 Å². The van der Waals surface area contributed by atoms with Crippen LogP contribution < -0.4 is 10.2 Å². The van der Waals surface area contributed by atoms with Gasteiger partial charge in [0.15, 0.2) is 0 Å². The van der Waals surface area contributed by atoms with Crippen molar-refractivity contribution >= 4 is 23.2 Å². The molecule has 0 bridgehead atoms. The van der Waals surface area contributed by atoms with Gasteiger partial charge in [-0.3, -0.25) is 9.59 Å². The molecule has 1 aromatic rings. The highest BCUT2D eigenvalue weighted by atomic mass is 16.2. The van der Waals surface area contributed by atoms with Crippen molar-refractivity contribution in [1.29, 1.82) is 0 Å². The molecule has 0 saturated carbocycles. The first-order chi connectivity index (χ1) is 11.9. The van der Waals surface area contributed by atoms with E-state index in [2.05, 4.69) is 10.3 Å². The summed E-state index contributed by atoms with van der Waals surface area (Å²) in [4.78, 5) is 30.5. The van der Waals surface area contributed by atoms with Crippen LogP contribution in [-0.4, -0.2) is 31.6 Å². The molecule has 0 aromatic heterocycles. The summed E-state index contributed by atoms with van der Waals surface area (Å²) < 4.78 is 0. The molecule has 5 nitrogen and oxygen atoms in total. The van der Waals surface area contributed by atoms with E-state index in [9.17, 15) is 9.59 Å². The number of hydrogen-bond donors (Lipinski definition) is 1. The van der Waals surface area contributed by atoms with Crippen LogP contribution in [-0.2, 0) is 4.79 Å². The van der Waals surface area contributed by atoms with Gasteiger partial charge in [-0.2, -0.15) is 0 Å². The Balaban J connectivity index is 1.84. The third kappa shape index (κ3) is 3.31. The quantitative estimate of drug-likeness (QED) is 0.904. The van der Waals surface area contributed by atoms with Crippen molar-refractivity contribution in [2.24, 2.45) is 10.9 Å². The minimum Gasteiger partial charge on any atom is -0.378 e. The average Bonchev–Trinajstić information content (AvgIpc) is 2.59. The van der Waals surface area contributed by atoms with Crippen LogP contribution in [0.5, 0.6) is 0 Å². The van der Waals surface area contributed by atoms with Crippen molar-refractivity contribution in [3.63, 3.8) is 0 Å². The summed E-state index contributed by atoms with van der Waals surface area (Å²) in [6.07, 6.45) is 5.56. The molecule has 3 rings (SSSR count). The highest BCUT2D eigenvalue weighted by molar-refractivity contribution is 6.14. The average molecular weight is 335 g/mol. The topological polar surface area (TPSA) is 61.8 Å². The predicted octanol–water partition coefficient (Wildman–Crippen LogP) is 2.87. The van der Waals surface area contributed by atoms with E-state index in [0.717, 1.165) is 22.5 Å². The summed E-state index contributed by atoms with van der Waals surface area (Å²) in [5.74, 6) is -0.350. The van der Waals surface area contributed by atoms with E-state index >= 15 is 0 Å². The molecule has 2 aliphatic rings. The van der Waals surface area contributed by atoms with Gasteiger partial charge in [-0.1, -0.05) is 11.6 Å². The molecule has 0 fully saturated rings. The highest BCUT2D eigenvalue weighted by Gasteiger charge is 2.27. The maximum atomic E-state index is 12.4. The van der Waals surface area contributed by atoms with E-state index in [0.29, 0.717) is 11.3 Å². The van der Waals surface area contributed by atoms with Crippen LogP contribution in [0.25, 0.3) is 0 Å². The van der Waals surface area contributed by atoms with Crippen LogP contribution in [0.2, 0.25) is 0 Å². The zero-order valence-electron chi connectivity index (χ0n) is 14.8. The molecule has 0 radical (unpaired) electrons. The second kappa shape index (κ2) is 6.51. The van der Waals surface area contributed by atoms with Gasteiger partial charge in [-0.15, -0.1) is 0 Å². The van der Waals surface area contributed by atoms with E-state index in [-0.39, 0.29) is 17.7 Å². The fraction of sp³-hybridized carbons (Fsp3) is 0.250. The fourth-order valence-corrected chi connectivity index (χ4v) is 2.88. The molecule has 1 heterocycles. The number of hydrogen-bond acceptors (Lipinski definition) is 3. The standard InChI is InChI=1S/C20H21N3O2/c1-12-13(2)19(24)22-18-11-15(7-10-17(12)18)21-20(25)14-5-8-16(9-6-14)23(3)4/h5-11,17H,1-4H3,(H,22,24). The first-order valence-corrected chi connectivity index (χ1v) is 8.15. The van der Waals surface area contributed by atoms with Crippen LogP contribution in [0.3, 0.4) is 0 Å². The Morgan fingerprint density at radius 3 is 2.48 bits per heavy atom. The van der Waals surface area contributed by atoms with Gasteiger partial charge in [-0.25, -0.2) is 4.99 Å². The molecule has 0 spiro atoms. The molecular weight excluding hydrogens is 314 g/mol. The van der Waals surface area contributed by atoms with Crippen molar-refractivity contribution in [2.45, 2.75) is 13.8 Å². The maximum Gasteiger partial charge on any atom is 0.277 e. The number of fused-ring (bicyclic) bond motifs is 1. The number of nitrogens with one attached hydrogen (secondary N) is 1. The molecule has 0 saturated heterocycles. The molecule has 25 heavy (non-hydrogen) atoms. The van der Waals surface area contributed by atoms with E-state index in [4.69, 9.17) is 0 Å². The number of aliphatic imine (C=N–C) groups is 1. The van der Waals surface area contributed by atoms with E-state index < -0.39 is 0 Å². The number of carbonyl (C=O) groups excluding carboxylic acids is 2. The Bertz CT molecular complexity index is 855. The summed E-state index contributed by atoms with van der Waals surface area (Å²) in [6, 6.07) is 7.31. The molecule has 128 valence electrons. The van der Waals surface area contributed by atoms with Gasteiger partial charge in [0, 0.05) is 42.5 Å². The second-order valence-corrected chi connectivity index (χ2v) is 6.48. The molecule has 1 aliphatic carbocycles. The zero-order valence-corrected chi connectivity index (χ0v) is 14.8. The zero-order chi connectivity index (χ0) is 18.1. The molecule has 2 amide bonds. The van der Waals surface area contributed by atoms with Gasteiger partial charge in [-0.05, 0) is 50.3 Å². The minimum absolute atomic E-state index is 0.0473. The van der Waals surface area contributed by atoms with Crippen LogP contribution in [0.1, 0.15) is 24.2 Å². The summed E-state index contributed by atoms with van der Waals surface area (Å²) >= 11 is 0. The summed E-state index contributed by atoms with van der Waals surface area (Å²) in [7, 11) is 3.90. The lowest BCUT2D eigenvalue weighted by atomic mass is 9.85. The Hall–Kier alpha value is -2.95. The Morgan fingerprint density at radius 1 is 1.16 bits per heavy atom. The number of anilines is 1. The van der Waals surface area contributed by atoms with Gasteiger partial charge < -0.3 is 10.2 Å². The Kier molecular flexibility index (Phi) is 4.40. The van der Waals surface area contributed by atoms with Crippen LogP contribution in [0.15, 0.2) is 64.3 Å². The summed E-state index contributed by atoms with van der Waals surface area (Å²) in [5, 5.41) is 2.88. The number of rotatable bonds is 2. The molecule has 1 unspecified atom stereocenters. The molecule has 1 atom stereocenters. The van der Waals surface area contributed by atoms with E-state index in [1.807, 2.05) is 57.1 Å². The molecule has 1 aromatic carbocycles. The Labute approximate surface area is 147 Å². The normalized spacial score (nSPS) is 21.0. The largest absolute Gasteiger partial charge is 0.378 e. The fourth-order valence-electron chi connectivity index (χ4n) is 2.88. The van der Waals surface area contributed by atoms with Crippen molar-refractivity contribution in [2.75, 3.05) is 19.0 Å². The lowest BCUT2D eigenvalue weighted by molar-refractivity contribution is -0.117. The number of amides is 2. The van der Waals surface area contributed by atoms with E-state index in [1.165, 1.54) is 0 Å². The molecular formula is C20H21N3O2. The number of allylic oxidation sites excluding steroid dienone is 3. The molecule has 1 aliphatic heterocycles. The monoisotopic (exact) mass is 335 g/mol. The Morgan fingerprint density at radius 2 is 1.84 bits per heavy atom. The van der Waals surface area contributed by atoms with Gasteiger partial charge in [0.1, 0.15) is 0 Å². The lowest BCUT2D eigenvalue weighted by Gasteiger charge is -2.28. The van der Waals surface area contributed by atoms with Crippen molar-refractivity contribution in [1.82, 2.24) is 5.32 Å². The lowest BCUT2D eigenvalue weighted by Crippen LogP contribution is -2.35. The van der Waals surface area contributed by atoms with Crippen molar-refractivity contribution in [3.05, 3.63) is 64.9 Å². The third-order valence-electron chi connectivity index (χ3n) is 4.62. The van der Waals surface area contributed by atoms with Gasteiger partial charge in [0.2, 0.25) is 0 Å². The molecule has 5 heteroatoms. The number of nitrogens with zero attached hydrogens (tertiary/aromatic N) is 2. The number of carbonyl (C=O) groups is 2. The van der Waals surface area contributed by atoms with Gasteiger partial charge >= 0.3 is 0 Å². The van der Waals surface area contributed by atoms with Crippen LogP contribution in [0, 0.1) is 5.92 Å². The van der Waals surface area contributed by atoms with Gasteiger partial charge in [0.25, 0.3) is 11.8 Å². The van der Waals surface area contributed by atoms with Gasteiger partial charge in [0.05, 0.1) is 5.71 Å². The minimum atomic E-state index is -0.300. The van der Waals surface area contributed by atoms with Crippen LogP contribution >= 0.6 is 0 Å². The SMILES string of the molecule is CC1=C(C)C2C=CC(=NC(=O)c3ccc(N(C)C)cc3)C=C2NC1=O. The third-order valence-corrected chi connectivity index (χ3v) is 4.62. The first kappa shape index (κ1) is 16.9. The maximum absolute atomic E-state index is 12.4. The molecule has 1 N–H and O–H groups in total. The first-order valence-electron chi connectivity index (χ1n) is 8.15. The van der Waals surface area contributed by atoms with E-state index in [1.54, 1.807) is 18.2 Å². The summed E-state index contributed by atoms with van der Waals surface area (Å²) in [5.41, 5.74) is 4.63. The summed E-state index contributed by atoms with van der Waals surface area (Å²) in [6.45, 7) is 3.77. The second-order valence-electron chi connectivity index (χ2n) is 6.48.